The summed E-state index contributed by atoms with van der Waals surface area (Å²) in [5.41, 5.74) is 2.03. The number of rotatable bonds is 4. The van der Waals surface area contributed by atoms with E-state index in [2.05, 4.69) is 0 Å². The molecule has 1 heterocycles. The van der Waals surface area contributed by atoms with Crippen LogP contribution in [0.1, 0.15) is 18.9 Å². The molecule has 0 fully saturated rings. The first kappa shape index (κ1) is 16.8. The Balaban J connectivity index is 2.11. The van der Waals surface area contributed by atoms with Crippen LogP contribution in [0.5, 0.6) is 11.5 Å². The van der Waals surface area contributed by atoms with Crippen molar-refractivity contribution in [1.82, 2.24) is 0 Å². The summed E-state index contributed by atoms with van der Waals surface area (Å²) in [6, 6.07) is 12.3. The molecule has 2 aromatic carbocycles. The summed E-state index contributed by atoms with van der Waals surface area (Å²) in [6.07, 6.45) is 0.275. The van der Waals surface area contributed by atoms with Crippen molar-refractivity contribution in [1.29, 1.82) is 0 Å². The van der Waals surface area contributed by atoms with Crippen LogP contribution in [0.15, 0.2) is 51.7 Å². The molecule has 0 aliphatic rings. The van der Waals surface area contributed by atoms with E-state index in [1.54, 1.807) is 44.4 Å². The van der Waals surface area contributed by atoms with Gasteiger partial charge >= 0.3 is 11.6 Å². The second-order valence-corrected chi connectivity index (χ2v) is 5.60. The number of hydrogen-bond acceptors (Lipinski definition) is 5. The summed E-state index contributed by atoms with van der Waals surface area (Å²) in [5.74, 6) is 0.737. The lowest BCUT2D eigenvalue weighted by atomic mass is 9.99. The average Bonchev–Trinajstić information content (AvgIpc) is 2.62. The second-order valence-electron chi connectivity index (χ2n) is 5.60. The van der Waals surface area contributed by atoms with Crippen LogP contribution in [0.25, 0.3) is 22.1 Å². The third-order valence-electron chi connectivity index (χ3n) is 4.04. The zero-order valence-corrected chi connectivity index (χ0v) is 14.3. The highest BCUT2D eigenvalue weighted by Gasteiger charge is 2.14. The molecule has 128 valence electrons. The SMILES string of the molecule is CCC(=O)Oc1ccc2c(C)c(-c3ccc(OC)cc3)c(=O)oc2c1. The Kier molecular flexibility index (Phi) is 4.57. The molecule has 25 heavy (non-hydrogen) atoms. The number of fused-ring (bicyclic) bond motifs is 1. The highest BCUT2D eigenvalue weighted by Crippen LogP contribution is 2.29. The molecule has 5 heteroatoms. The van der Waals surface area contributed by atoms with Crippen LogP contribution in [-0.2, 0) is 4.79 Å². The van der Waals surface area contributed by atoms with Gasteiger partial charge in [0.15, 0.2) is 0 Å². The van der Waals surface area contributed by atoms with E-state index in [0.717, 1.165) is 16.5 Å². The van der Waals surface area contributed by atoms with Gasteiger partial charge in [0, 0.05) is 17.9 Å². The van der Waals surface area contributed by atoms with Gasteiger partial charge in [-0.3, -0.25) is 4.79 Å². The number of esters is 1. The van der Waals surface area contributed by atoms with Gasteiger partial charge in [-0.25, -0.2) is 4.79 Å². The molecule has 0 aliphatic carbocycles. The molecule has 1 aromatic heterocycles. The predicted octanol–water partition coefficient (Wildman–Crippen LogP) is 4.09. The van der Waals surface area contributed by atoms with E-state index >= 15 is 0 Å². The van der Waals surface area contributed by atoms with E-state index in [1.165, 1.54) is 0 Å². The molecule has 0 spiro atoms. The minimum Gasteiger partial charge on any atom is -0.497 e. The number of benzene rings is 2. The molecule has 0 atom stereocenters. The van der Waals surface area contributed by atoms with Crippen molar-refractivity contribution < 1.29 is 18.7 Å². The van der Waals surface area contributed by atoms with Crippen molar-refractivity contribution >= 4 is 16.9 Å². The van der Waals surface area contributed by atoms with Crippen LogP contribution in [0, 0.1) is 6.92 Å². The van der Waals surface area contributed by atoms with Crippen LogP contribution in [-0.4, -0.2) is 13.1 Å². The molecule has 0 unspecified atom stereocenters. The van der Waals surface area contributed by atoms with Crippen molar-refractivity contribution in [3.8, 4) is 22.6 Å². The number of ether oxygens (including phenoxy) is 2. The maximum Gasteiger partial charge on any atom is 0.344 e. The minimum absolute atomic E-state index is 0.275. The summed E-state index contributed by atoms with van der Waals surface area (Å²) in [5, 5.41) is 0.793. The van der Waals surface area contributed by atoms with Crippen LogP contribution in [0.3, 0.4) is 0 Å². The third-order valence-corrected chi connectivity index (χ3v) is 4.04. The third kappa shape index (κ3) is 3.26. The second kappa shape index (κ2) is 6.81. The molecule has 0 N–H and O–H groups in total. The van der Waals surface area contributed by atoms with Gasteiger partial charge in [0.05, 0.1) is 12.7 Å². The highest BCUT2D eigenvalue weighted by atomic mass is 16.5. The minimum atomic E-state index is -0.436. The lowest BCUT2D eigenvalue weighted by Crippen LogP contribution is -2.07. The van der Waals surface area contributed by atoms with Gasteiger partial charge in [-0.05, 0) is 42.3 Å². The standard InChI is InChI=1S/C20H18O5/c1-4-18(21)24-15-9-10-16-12(2)19(20(22)25-17(16)11-15)13-5-7-14(23-3)8-6-13/h5-11H,4H2,1-3H3. The summed E-state index contributed by atoms with van der Waals surface area (Å²) < 4.78 is 15.8. The maximum atomic E-state index is 12.5. The molecule has 0 amide bonds. The molecule has 5 nitrogen and oxygen atoms in total. The zero-order valence-electron chi connectivity index (χ0n) is 14.3. The van der Waals surface area contributed by atoms with E-state index in [-0.39, 0.29) is 12.4 Å². The lowest BCUT2D eigenvalue weighted by Gasteiger charge is -2.10. The molecule has 3 aromatic rings. The van der Waals surface area contributed by atoms with Gasteiger partial charge in [0.1, 0.15) is 17.1 Å². The molecule has 0 saturated carbocycles. The Morgan fingerprint density at radius 3 is 2.40 bits per heavy atom. The molecule has 0 bridgehead atoms. The fourth-order valence-corrected chi connectivity index (χ4v) is 2.69. The van der Waals surface area contributed by atoms with Gasteiger partial charge in [-0.1, -0.05) is 19.1 Å². The van der Waals surface area contributed by atoms with E-state index in [1.807, 2.05) is 19.1 Å². The Morgan fingerprint density at radius 2 is 1.76 bits per heavy atom. The number of methoxy groups -OCH3 is 1. The summed E-state index contributed by atoms with van der Waals surface area (Å²) >= 11 is 0. The van der Waals surface area contributed by atoms with E-state index in [9.17, 15) is 9.59 Å². The zero-order chi connectivity index (χ0) is 18.0. The summed E-state index contributed by atoms with van der Waals surface area (Å²) in [6.45, 7) is 3.59. The first-order valence-corrected chi connectivity index (χ1v) is 7.96. The Labute approximate surface area is 144 Å². The summed E-state index contributed by atoms with van der Waals surface area (Å²) in [4.78, 5) is 23.9. The first-order chi connectivity index (χ1) is 12.0. The van der Waals surface area contributed by atoms with Crippen molar-refractivity contribution in [2.75, 3.05) is 7.11 Å². The van der Waals surface area contributed by atoms with E-state index < -0.39 is 5.63 Å². The van der Waals surface area contributed by atoms with Crippen molar-refractivity contribution in [2.45, 2.75) is 20.3 Å². The van der Waals surface area contributed by atoms with Crippen molar-refractivity contribution in [2.24, 2.45) is 0 Å². The van der Waals surface area contributed by atoms with Crippen molar-refractivity contribution in [3.05, 3.63) is 58.4 Å². The van der Waals surface area contributed by atoms with Crippen LogP contribution < -0.4 is 15.1 Å². The Morgan fingerprint density at radius 1 is 1.08 bits per heavy atom. The lowest BCUT2D eigenvalue weighted by molar-refractivity contribution is -0.134. The fraction of sp³-hybridized carbons (Fsp3) is 0.200. The number of aryl methyl sites for hydroxylation is 1. The highest BCUT2D eigenvalue weighted by molar-refractivity contribution is 5.88. The van der Waals surface area contributed by atoms with Gasteiger partial charge in [-0.2, -0.15) is 0 Å². The smallest absolute Gasteiger partial charge is 0.344 e. The predicted molar refractivity (Wildman–Crippen MR) is 95.1 cm³/mol. The molecule has 3 rings (SSSR count). The van der Waals surface area contributed by atoms with E-state index in [4.69, 9.17) is 13.9 Å². The van der Waals surface area contributed by atoms with Crippen molar-refractivity contribution in [3.63, 3.8) is 0 Å². The number of carbonyl (C=O) groups is 1. The fourth-order valence-electron chi connectivity index (χ4n) is 2.69. The van der Waals surface area contributed by atoms with Gasteiger partial charge in [-0.15, -0.1) is 0 Å². The molecule has 0 aliphatic heterocycles. The van der Waals surface area contributed by atoms with Gasteiger partial charge < -0.3 is 13.9 Å². The molecule has 0 radical (unpaired) electrons. The van der Waals surface area contributed by atoms with Gasteiger partial charge in [0.25, 0.3) is 0 Å². The molecule has 0 saturated heterocycles. The first-order valence-electron chi connectivity index (χ1n) is 7.96. The Hall–Kier alpha value is -3.08. The monoisotopic (exact) mass is 338 g/mol. The summed E-state index contributed by atoms with van der Waals surface area (Å²) in [7, 11) is 1.59. The van der Waals surface area contributed by atoms with Crippen LogP contribution >= 0.6 is 0 Å². The maximum absolute atomic E-state index is 12.5. The number of hydrogen-bond donors (Lipinski definition) is 0. The van der Waals surface area contributed by atoms with E-state index in [0.29, 0.717) is 22.6 Å². The molecular formula is C20H18O5. The topological polar surface area (TPSA) is 65.7 Å². The molecular weight excluding hydrogens is 320 g/mol. The van der Waals surface area contributed by atoms with Crippen LogP contribution in [0.2, 0.25) is 0 Å². The van der Waals surface area contributed by atoms with Gasteiger partial charge in [0.2, 0.25) is 0 Å². The largest absolute Gasteiger partial charge is 0.497 e. The average molecular weight is 338 g/mol. The normalized spacial score (nSPS) is 10.7. The quantitative estimate of drug-likeness (QED) is 0.407. The van der Waals surface area contributed by atoms with Crippen LogP contribution in [0.4, 0.5) is 0 Å². The number of carbonyl (C=O) groups excluding carboxylic acids is 1. The Bertz CT molecular complexity index is 983.